The van der Waals surface area contributed by atoms with Gasteiger partial charge in [-0.1, -0.05) is 92.6 Å². The zero-order valence-corrected chi connectivity index (χ0v) is 30.1. The smallest absolute Gasteiger partial charge is 0.120 e. The molecular formula is C43H39IrN3O-2. The molecule has 1 fully saturated rings. The number of fused-ring (bicyclic) bond motifs is 3. The van der Waals surface area contributed by atoms with Crippen molar-refractivity contribution < 1.29 is 24.5 Å². The fourth-order valence-corrected chi connectivity index (χ4v) is 7.47. The van der Waals surface area contributed by atoms with E-state index in [1.807, 2.05) is 42.6 Å². The number of hydrogen-bond donors (Lipinski definition) is 0. The minimum Gasteiger partial charge on any atom is -0.501 e. The molecule has 1 saturated carbocycles. The molecule has 0 bridgehead atoms. The molecule has 0 N–H and O–H groups in total. The summed E-state index contributed by atoms with van der Waals surface area (Å²) in [6.07, 6.45) is 10.8. The number of para-hydroxylation sites is 2. The minimum absolute atomic E-state index is 0. The molecule has 3 aromatic heterocycles. The Morgan fingerprint density at radius 2 is 1.71 bits per heavy atom. The maximum Gasteiger partial charge on any atom is 0.120 e. The third-order valence-electron chi connectivity index (χ3n) is 9.47. The first-order valence-electron chi connectivity index (χ1n) is 16.9. The molecule has 48 heavy (non-hydrogen) atoms. The third kappa shape index (κ3) is 6.18. The predicted octanol–water partition coefficient (Wildman–Crippen LogP) is 11.1. The van der Waals surface area contributed by atoms with E-state index in [-0.39, 0.29) is 25.5 Å². The van der Waals surface area contributed by atoms with E-state index in [2.05, 4.69) is 103 Å². The van der Waals surface area contributed by atoms with Crippen LogP contribution in [-0.4, -0.2) is 14.5 Å². The number of allylic oxidation sites excluding steroid dienone is 2. The second-order valence-corrected chi connectivity index (χ2v) is 14.1. The van der Waals surface area contributed by atoms with Gasteiger partial charge in [-0.25, -0.2) is 0 Å². The molecule has 1 aliphatic heterocycles. The van der Waals surface area contributed by atoms with Crippen LogP contribution in [0.2, 0.25) is 0 Å². The standard InChI is InChI=1S/C22H20NO.C21H19N2.Ir/c1-22(2,3)14-15-11-12-23-19(13-15)18-9-6-8-17-16-7-4-5-10-20(16)24-21(17)18;1-2-9-16(10-3-1)21-22-19-12-6-11-18-17(15-7-4-5-8-15)13-14-23(21)20(18)19;/h4-8,10-13H,14H2,1-3H3;1-3,6,9,11-13,15H,4-5,7-8,14H2;/q2*-1;. The van der Waals surface area contributed by atoms with Crippen LogP contribution in [-0.2, 0) is 33.1 Å². The summed E-state index contributed by atoms with van der Waals surface area (Å²) in [5, 5.41) is 2.25. The van der Waals surface area contributed by atoms with Gasteiger partial charge in [0, 0.05) is 43.8 Å². The summed E-state index contributed by atoms with van der Waals surface area (Å²) in [4.78, 5) is 9.48. The Morgan fingerprint density at radius 3 is 2.52 bits per heavy atom. The summed E-state index contributed by atoms with van der Waals surface area (Å²) in [5.74, 6) is 1.78. The molecule has 0 spiro atoms. The monoisotopic (exact) mass is 806 g/mol. The molecule has 5 heteroatoms. The Balaban J connectivity index is 0.000000149. The fraction of sp³-hybridized carbons (Fsp3) is 0.256. The number of nitrogens with zero attached hydrogens (tertiary/aromatic N) is 3. The summed E-state index contributed by atoms with van der Waals surface area (Å²) >= 11 is 0. The fourth-order valence-electron chi connectivity index (χ4n) is 7.47. The van der Waals surface area contributed by atoms with Crippen molar-refractivity contribution in [1.29, 1.82) is 0 Å². The Kier molecular flexibility index (Phi) is 8.94. The molecule has 4 nitrogen and oxygen atoms in total. The molecule has 0 unspecified atom stereocenters. The molecule has 0 saturated heterocycles. The second kappa shape index (κ2) is 13.3. The summed E-state index contributed by atoms with van der Waals surface area (Å²) in [7, 11) is 0. The number of hydrogen-bond acceptors (Lipinski definition) is 3. The van der Waals surface area contributed by atoms with Gasteiger partial charge in [-0.15, -0.1) is 54.1 Å². The van der Waals surface area contributed by atoms with E-state index in [0.717, 1.165) is 69.0 Å². The van der Waals surface area contributed by atoms with Crippen LogP contribution < -0.4 is 0 Å². The first kappa shape index (κ1) is 32.2. The van der Waals surface area contributed by atoms with Gasteiger partial charge in [-0.3, -0.25) is 4.98 Å². The zero-order chi connectivity index (χ0) is 32.0. The first-order valence-corrected chi connectivity index (χ1v) is 16.9. The summed E-state index contributed by atoms with van der Waals surface area (Å²) in [6.45, 7) is 7.68. The van der Waals surface area contributed by atoms with Gasteiger partial charge in [0.2, 0.25) is 0 Å². The van der Waals surface area contributed by atoms with Gasteiger partial charge in [0.25, 0.3) is 0 Å². The van der Waals surface area contributed by atoms with Crippen LogP contribution in [0.25, 0.3) is 61.2 Å². The molecule has 1 radical (unpaired) electrons. The Bertz CT molecular complexity index is 2250. The first-order chi connectivity index (χ1) is 22.9. The van der Waals surface area contributed by atoms with Crippen molar-refractivity contribution in [1.82, 2.24) is 14.5 Å². The largest absolute Gasteiger partial charge is 0.501 e. The molecule has 1 aliphatic carbocycles. The van der Waals surface area contributed by atoms with Gasteiger partial charge < -0.3 is 14.0 Å². The normalized spacial score (nSPS) is 14.5. The minimum atomic E-state index is 0. The SMILES string of the molecule is CC(C)(C)Cc1ccnc(-c2[c-]ccc3c2oc2ccccc23)c1.[Ir].[c-]1ccccc1-c1nc2cccc3c2n1CC=C3C1CCCC1. The summed E-state index contributed by atoms with van der Waals surface area (Å²) in [6, 6.07) is 37.7. The Labute approximate surface area is 296 Å². The van der Waals surface area contributed by atoms with Gasteiger partial charge in [0.1, 0.15) is 5.58 Å². The van der Waals surface area contributed by atoms with E-state index in [4.69, 9.17) is 9.40 Å². The number of pyridine rings is 1. The third-order valence-corrected chi connectivity index (χ3v) is 9.47. The molecule has 2 aliphatic rings. The van der Waals surface area contributed by atoms with E-state index in [1.165, 1.54) is 42.3 Å². The van der Waals surface area contributed by atoms with Crippen molar-refractivity contribution in [3.05, 3.63) is 127 Å². The van der Waals surface area contributed by atoms with Crippen molar-refractivity contribution in [3.63, 3.8) is 0 Å². The van der Waals surface area contributed by atoms with Crippen LogP contribution in [0.15, 0.2) is 108 Å². The van der Waals surface area contributed by atoms with Gasteiger partial charge in [0.05, 0.1) is 22.4 Å². The quantitative estimate of drug-likeness (QED) is 0.166. The Hall–Kier alpha value is -4.31. The van der Waals surface area contributed by atoms with Crippen molar-refractivity contribution in [2.75, 3.05) is 0 Å². The van der Waals surface area contributed by atoms with Crippen LogP contribution >= 0.6 is 0 Å². The van der Waals surface area contributed by atoms with Crippen LogP contribution in [0.3, 0.4) is 0 Å². The number of benzene rings is 4. The molecule has 4 aromatic carbocycles. The average Bonchev–Trinajstić information content (AvgIpc) is 3.84. The van der Waals surface area contributed by atoms with Gasteiger partial charge in [-0.05, 0) is 60.1 Å². The van der Waals surface area contributed by atoms with Crippen molar-refractivity contribution in [3.8, 4) is 22.6 Å². The number of rotatable bonds is 4. The molecular weight excluding hydrogens is 767 g/mol. The van der Waals surface area contributed by atoms with Gasteiger partial charge in [-0.2, -0.15) is 0 Å². The van der Waals surface area contributed by atoms with Crippen molar-refractivity contribution in [2.45, 2.75) is 59.4 Å². The molecule has 243 valence electrons. The molecule has 9 rings (SSSR count). The molecule has 4 heterocycles. The van der Waals surface area contributed by atoms with E-state index < -0.39 is 0 Å². The predicted molar refractivity (Wildman–Crippen MR) is 193 cm³/mol. The van der Waals surface area contributed by atoms with Crippen LogP contribution in [0.1, 0.15) is 57.6 Å². The topological polar surface area (TPSA) is 43.9 Å². The maximum atomic E-state index is 6.11. The summed E-state index contributed by atoms with van der Waals surface area (Å²) in [5.41, 5.74) is 11.6. The number of aromatic nitrogens is 3. The molecule has 0 amide bonds. The zero-order valence-electron chi connectivity index (χ0n) is 27.7. The van der Waals surface area contributed by atoms with Crippen molar-refractivity contribution >= 4 is 38.5 Å². The van der Waals surface area contributed by atoms with Crippen LogP contribution in [0.4, 0.5) is 0 Å². The average molecular weight is 806 g/mol. The molecule has 7 aromatic rings. The Morgan fingerprint density at radius 1 is 0.875 bits per heavy atom. The van der Waals surface area contributed by atoms with E-state index in [9.17, 15) is 0 Å². The number of furan rings is 1. The number of imidazole rings is 1. The summed E-state index contributed by atoms with van der Waals surface area (Å²) < 4.78 is 8.46. The van der Waals surface area contributed by atoms with Crippen molar-refractivity contribution in [2.24, 2.45) is 11.3 Å². The van der Waals surface area contributed by atoms with Crippen LogP contribution in [0, 0.1) is 23.5 Å². The van der Waals surface area contributed by atoms with E-state index >= 15 is 0 Å². The molecule has 0 atom stereocenters. The van der Waals surface area contributed by atoms with E-state index in [1.54, 1.807) is 5.57 Å². The van der Waals surface area contributed by atoms with Crippen LogP contribution in [0.5, 0.6) is 0 Å². The second-order valence-electron chi connectivity index (χ2n) is 14.1. The van der Waals surface area contributed by atoms with E-state index in [0.29, 0.717) is 0 Å². The van der Waals surface area contributed by atoms with Gasteiger partial charge in [0.15, 0.2) is 0 Å². The van der Waals surface area contributed by atoms with Gasteiger partial charge >= 0.3 is 0 Å². The maximum absolute atomic E-state index is 6.11.